The van der Waals surface area contributed by atoms with Crippen LogP contribution in [0.5, 0.6) is 0 Å². The Morgan fingerprint density at radius 1 is 1.36 bits per heavy atom. The molecule has 1 saturated heterocycles. The van der Waals surface area contributed by atoms with Crippen LogP contribution < -0.4 is 5.32 Å². The lowest BCUT2D eigenvalue weighted by Crippen LogP contribution is -2.37. The first-order valence-corrected chi connectivity index (χ1v) is 10.6. The second-order valence-corrected chi connectivity index (χ2v) is 7.87. The average molecular weight is 403 g/mol. The monoisotopic (exact) mass is 402 g/mol. The van der Waals surface area contributed by atoms with Crippen LogP contribution in [-0.4, -0.2) is 59.7 Å². The number of amides is 1. The Morgan fingerprint density at radius 2 is 2.14 bits per heavy atom. The van der Waals surface area contributed by atoms with E-state index in [0.717, 1.165) is 55.6 Å². The highest BCUT2D eigenvalue weighted by Crippen LogP contribution is 2.27. The number of nitrogens with one attached hydrogen (secondary N) is 1. The number of aromatic nitrogens is 1. The minimum absolute atomic E-state index is 0.0957. The van der Waals surface area contributed by atoms with E-state index in [1.165, 1.54) is 0 Å². The Balaban J connectivity index is 1.59. The number of hydrogen-bond donors (Lipinski definition) is 1. The van der Waals surface area contributed by atoms with Crippen LogP contribution in [0.3, 0.4) is 0 Å². The van der Waals surface area contributed by atoms with Gasteiger partial charge >= 0.3 is 0 Å². The predicted octanol–water partition coefficient (Wildman–Crippen LogP) is 2.62. The summed E-state index contributed by atoms with van der Waals surface area (Å²) < 4.78 is 12.7. The van der Waals surface area contributed by atoms with Crippen molar-refractivity contribution in [2.24, 2.45) is 0 Å². The smallest absolute Gasteiger partial charge is 0.235 e. The summed E-state index contributed by atoms with van der Waals surface area (Å²) in [4.78, 5) is 14.8. The number of ether oxygens (including phenoxy) is 1. The maximum atomic E-state index is 12.5. The van der Waals surface area contributed by atoms with Crippen molar-refractivity contribution in [1.82, 2.24) is 9.47 Å². The molecule has 8 heteroatoms. The van der Waals surface area contributed by atoms with E-state index < -0.39 is 0 Å². The molecule has 0 unspecified atom stereocenters. The molecule has 1 amide bonds. The van der Waals surface area contributed by atoms with Gasteiger partial charge in [0.15, 0.2) is 0 Å². The molecular weight excluding hydrogens is 376 g/mol. The highest BCUT2D eigenvalue weighted by Gasteiger charge is 2.20. The molecule has 0 radical (unpaired) electrons. The van der Waals surface area contributed by atoms with Crippen molar-refractivity contribution in [3.63, 3.8) is 0 Å². The van der Waals surface area contributed by atoms with E-state index in [1.807, 2.05) is 30.5 Å². The van der Waals surface area contributed by atoms with Gasteiger partial charge in [0.05, 0.1) is 37.3 Å². The zero-order valence-electron chi connectivity index (χ0n) is 16.4. The molecule has 1 aliphatic rings. The second kappa shape index (κ2) is 9.82. The van der Waals surface area contributed by atoms with E-state index in [2.05, 4.69) is 16.3 Å². The van der Waals surface area contributed by atoms with Gasteiger partial charge in [-0.1, -0.05) is 0 Å². The molecule has 150 valence electrons. The summed E-state index contributed by atoms with van der Waals surface area (Å²) in [6.07, 6.45) is 1.62. The molecule has 3 heterocycles. The van der Waals surface area contributed by atoms with E-state index in [1.54, 1.807) is 18.0 Å². The van der Waals surface area contributed by atoms with Crippen molar-refractivity contribution < 1.29 is 13.9 Å². The van der Waals surface area contributed by atoms with E-state index in [-0.39, 0.29) is 5.91 Å². The Morgan fingerprint density at radius 3 is 2.82 bits per heavy atom. The molecule has 0 aromatic carbocycles. The van der Waals surface area contributed by atoms with E-state index in [0.29, 0.717) is 23.7 Å². The van der Waals surface area contributed by atoms with Crippen LogP contribution in [-0.2, 0) is 16.1 Å². The first-order chi connectivity index (χ1) is 13.6. The van der Waals surface area contributed by atoms with Gasteiger partial charge in [0.25, 0.3) is 0 Å². The molecule has 3 rings (SSSR count). The molecule has 0 bridgehead atoms. The normalized spacial score (nSPS) is 14.8. The van der Waals surface area contributed by atoms with Crippen molar-refractivity contribution in [3.8, 4) is 6.07 Å². The third-order valence-corrected chi connectivity index (χ3v) is 5.92. The Kier molecular flexibility index (Phi) is 7.20. The summed E-state index contributed by atoms with van der Waals surface area (Å²) in [6.45, 7) is 8.76. The van der Waals surface area contributed by atoms with E-state index in [9.17, 15) is 10.1 Å². The average Bonchev–Trinajstić information content (AvgIpc) is 3.29. The fourth-order valence-corrected chi connectivity index (χ4v) is 4.03. The Bertz CT molecular complexity index is 833. The van der Waals surface area contributed by atoms with Gasteiger partial charge in [-0.05, 0) is 31.5 Å². The van der Waals surface area contributed by atoms with Gasteiger partial charge in [0.1, 0.15) is 17.6 Å². The molecule has 7 nitrogen and oxygen atoms in total. The quantitative estimate of drug-likeness (QED) is 0.684. The molecule has 1 aliphatic heterocycles. The van der Waals surface area contributed by atoms with Gasteiger partial charge in [0, 0.05) is 31.1 Å². The molecule has 0 saturated carbocycles. The summed E-state index contributed by atoms with van der Waals surface area (Å²) in [6, 6.07) is 5.94. The number of nitrogens with zero attached hydrogens (tertiary/aromatic N) is 3. The maximum Gasteiger partial charge on any atom is 0.235 e. The molecule has 0 aliphatic carbocycles. The predicted molar refractivity (Wildman–Crippen MR) is 110 cm³/mol. The van der Waals surface area contributed by atoms with Crippen LogP contribution in [0.15, 0.2) is 22.8 Å². The topological polar surface area (TPSA) is 83.4 Å². The summed E-state index contributed by atoms with van der Waals surface area (Å²) in [7, 11) is 0. The number of furan rings is 1. The van der Waals surface area contributed by atoms with Crippen LogP contribution >= 0.6 is 11.8 Å². The van der Waals surface area contributed by atoms with Crippen molar-refractivity contribution in [3.05, 3.63) is 41.0 Å². The molecule has 1 fully saturated rings. The lowest BCUT2D eigenvalue weighted by atomic mass is 10.2. The maximum absolute atomic E-state index is 12.5. The van der Waals surface area contributed by atoms with Crippen molar-refractivity contribution >= 4 is 23.5 Å². The Labute approximate surface area is 169 Å². The summed E-state index contributed by atoms with van der Waals surface area (Å²) in [5.41, 5.74) is 2.34. The van der Waals surface area contributed by atoms with Gasteiger partial charge in [-0.3, -0.25) is 9.69 Å². The zero-order chi connectivity index (χ0) is 19.9. The van der Waals surface area contributed by atoms with Crippen molar-refractivity contribution in [2.75, 3.05) is 49.7 Å². The number of carbonyl (C=O) groups excluding carboxylic acids is 1. The van der Waals surface area contributed by atoms with Crippen LogP contribution in [0.25, 0.3) is 0 Å². The molecule has 2 aromatic heterocycles. The van der Waals surface area contributed by atoms with Crippen LogP contribution in [0, 0.1) is 25.2 Å². The molecule has 2 aromatic rings. The largest absolute Gasteiger partial charge is 0.467 e. The molecular formula is C20H26N4O3S. The zero-order valence-corrected chi connectivity index (χ0v) is 17.2. The van der Waals surface area contributed by atoms with Crippen LogP contribution in [0.4, 0.5) is 5.82 Å². The van der Waals surface area contributed by atoms with Gasteiger partial charge < -0.3 is 19.0 Å². The van der Waals surface area contributed by atoms with Gasteiger partial charge in [-0.25, -0.2) is 0 Å². The molecule has 28 heavy (non-hydrogen) atoms. The van der Waals surface area contributed by atoms with E-state index >= 15 is 0 Å². The molecule has 1 N–H and O–H groups in total. The number of nitriles is 1. The van der Waals surface area contributed by atoms with Gasteiger partial charge in [-0.15, -0.1) is 0 Å². The number of rotatable bonds is 8. The van der Waals surface area contributed by atoms with Crippen LogP contribution in [0.2, 0.25) is 0 Å². The fourth-order valence-electron chi connectivity index (χ4n) is 3.24. The number of anilines is 1. The lowest BCUT2D eigenvalue weighted by molar-refractivity contribution is -0.113. The highest BCUT2D eigenvalue weighted by atomic mass is 32.2. The number of morpholine rings is 1. The lowest BCUT2D eigenvalue weighted by Gasteiger charge is -2.26. The van der Waals surface area contributed by atoms with Gasteiger partial charge in [0.2, 0.25) is 5.91 Å². The third-order valence-electron chi connectivity index (χ3n) is 4.98. The second-order valence-electron chi connectivity index (χ2n) is 6.77. The fraction of sp³-hybridized carbons (Fsp3) is 0.500. The Hall–Kier alpha value is -2.21. The minimum atomic E-state index is -0.0957. The van der Waals surface area contributed by atoms with Crippen molar-refractivity contribution in [2.45, 2.75) is 20.4 Å². The molecule has 0 atom stereocenters. The SMILES string of the molecule is Cc1c(C#N)c(NC(=O)CSCCN2CCOCC2)n(Cc2ccco2)c1C. The first-order valence-electron chi connectivity index (χ1n) is 9.40. The first kappa shape index (κ1) is 20.5. The summed E-state index contributed by atoms with van der Waals surface area (Å²) in [5.74, 6) is 2.48. The summed E-state index contributed by atoms with van der Waals surface area (Å²) in [5, 5.41) is 12.5. The minimum Gasteiger partial charge on any atom is -0.467 e. The number of thioether (sulfide) groups is 1. The molecule has 0 spiro atoms. The number of hydrogen-bond acceptors (Lipinski definition) is 6. The number of carbonyl (C=O) groups is 1. The third kappa shape index (κ3) is 4.98. The standard InChI is InChI=1S/C20H26N4O3S/c1-15-16(2)24(13-17-4-3-8-27-17)20(18(15)12-21)22-19(25)14-28-11-7-23-5-9-26-10-6-23/h3-4,8H,5-7,9-11,13-14H2,1-2H3,(H,22,25). The van der Waals surface area contributed by atoms with Gasteiger partial charge in [-0.2, -0.15) is 17.0 Å². The summed E-state index contributed by atoms with van der Waals surface area (Å²) >= 11 is 1.60. The highest BCUT2D eigenvalue weighted by molar-refractivity contribution is 7.99. The van der Waals surface area contributed by atoms with Crippen LogP contribution in [0.1, 0.15) is 22.6 Å². The van der Waals surface area contributed by atoms with E-state index in [4.69, 9.17) is 9.15 Å². The van der Waals surface area contributed by atoms with Crippen molar-refractivity contribution in [1.29, 1.82) is 5.26 Å².